The van der Waals surface area contributed by atoms with Crippen LogP contribution < -0.4 is 0 Å². The minimum atomic E-state index is -3.85. The standard InChI is InChI=1S/C16H11N3O2S/c1-11-6-8-12(9-7-11)22(20,21)16-13-4-2-3-5-14(13)18-19-15(16)10-17/h2-9H,1H3. The van der Waals surface area contributed by atoms with Crippen molar-refractivity contribution in [3.05, 3.63) is 59.8 Å². The largest absolute Gasteiger partial charge is 0.218 e. The summed E-state index contributed by atoms with van der Waals surface area (Å²) in [4.78, 5) is 0.0391. The summed E-state index contributed by atoms with van der Waals surface area (Å²) in [6.07, 6.45) is 0. The Bertz CT molecular complexity index is 1000. The third kappa shape index (κ3) is 2.22. The van der Waals surface area contributed by atoms with Crippen LogP contribution in [0.15, 0.2) is 58.3 Å². The summed E-state index contributed by atoms with van der Waals surface area (Å²) < 4.78 is 25.8. The molecule has 0 unspecified atom stereocenters. The summed E-state index contributed by atoms with van der Waals surface area (Å²) in [5.74, 6) is 0. The lowest BCUT2D eigenvalue weighted by Gasteiger charge is -2.09. The molecule has 5 nitrogen and oxygen atoms in total. The first-order valence-corrected chi connectivity index (χ1v) is 7.99. The molecule has 0 bridgehead atoms. The van der Waals surface area contributed by atoms with Gasteiger partial charge in [-0.15, -0.1) is 10.2 Å². The van der Waals surface area contributed by atoms with Crippen LogP contribution in [0.3, 0.4) is 0 Å². The van der Waals surface area contributed by atoms with Crippen LogP contribution in [0.2, 0.25) is 0 Å². The van der Waals surface area contributed by atoms with Crippen LogP contribution in [0.4, 0.5) is 0 Å². The maximum atomic E-state index is 12.9. The molecule has 0 amide bonds. The first-order chi connectivity index (χ1) is 10.5. The van der Waals surface area contributed by atoms with Gasteiger partial charge in [-0.3, -0.25) is 0 Å². The van der Waals surface area contributed by atoms with Gasteiger partial charge in [-0.1, -0.05) is 35.9 Å². The zero-order chi connectivity index (χ0) is 15.7. The molecule has 0 fully saturated rings. The first kappa shape index (κ1) is 14.2. The van der Waals surface area contributed by atoms with Crippen LogP contribution >= 0.6 is 0 Å². The number of nitrogens with zero attached hydrogens (tertiary/aromatic N) is 3. The Morgan fingerprint density at radius 2 is 1.68 bits per heavy atom. The first-order valence-electron chi connectivity index (χ1n) is 6.51. The van der Waals surface area contributed by atoms with Crippen molar-refractivity contribution in [2.45, 2.75) is 16.7 Å². The van der Waals surface area contributed by atoms with Gasteiger partial charge in [0.25, 0.3) is 0 Å². The number of fused-ring (bicyclic) bond motifs is 1. The minimum absolute atomic E-state index is 0.0931. The molecule has 0 radical (unpaired) electrons. The number of hydrogen-bond acceptors (Lipinski definition) is 5. The van der Waals surface area contributed by atoms with E-state index < -0.39 is 9.84 Å². The summed E-state index contributed by atoms with van der Waals surface area (Å²) in [7, 11) is -3.85. The molecule has 0 aliphatic rings. The van der Waals surface area contributed by atoms with Crippen molar-refractivity contribution in [1.29, 1.82) is 5.26 Å². The van der Waals surface area contributed by atoms with Gasteiger partial charge < -0.3 is 0 Å². The van der Waals surface area contributed by atoms with Crippen LogP contribution in [-0.4, -0.2) is 18.6 Å². The second-order valence-electron chi connectivity index (χ2n) is 4.82. The van der Waals surface area contributed by atoms with E-state index in [1.165, 1.54) is 12.1 Å². The molecule has 1 heterocycles. The van der Waals surface area contributed by atoms with E-state index in [1.54, 1.807) is 36.4 Å². The summed E-state index contributed by atoms with van der Waals surface area (Å²) in [6, 6.07) is 15.1. The lowest BCUT2D eigenvalue weighted by atomic mass is 10.2. The molecule has 0 saturated heterocycles. The monoisotopic (exact) mass is 309 g/mol. The molecular weight excluding hydrogens is 298 g/mol. The zero-order valence-corrected chi connectivity index (χ0v) is 12.5. The van der Waals surface area contributed by atoms with E-state index in [0.29, 0.717) is 10.9 Å². The third-order valence-electron chi connectivity index (χ3n) is 3.33. The van der Waals surface area contributed by atoms with E-state index in [-0.39, 0.29) is 15.5 Å². The Kier molecular flexibility index (Phi) is 3.35. The molecular formula is C16H11N3O2S. The average molecular weight is 309 g/mol. The summed E-state index contributed by atoms with van der Waals surface area (Å²) in [6.45, 7) is 1.88. The lowest BCUT2D eigenvalue weighted by Crippen LogP contribution is -2.08. The molecule has 6 heteroatoms. The van der Waals surface area contributed by atoms with Crippen molar-refractivity contribution >= 4 is 20.7 Å². The molecule has 3 rings (SSSR count). The van der Waals surface area contributed by atoms with Gasteiger partial charge in [-0.2, -0.15) is 5.26 Å². The fourth-order valence-electron chi connectivity index (χ4n) is 2.21. The molecule has 0 aliphatic heterocycles. The van der Waals surface area contributed by atoms with E-state index in [4.69, 9.17) is 0 Å². The van der Waals surface area contributed by atoms with Crippen LogP contribution in [0.25, 0.3) is 10.9 Å². The minimum Gasteiger partial charge on any atom is -0.218 e. The molecule has 0 N–H and O–H groups in total. The molecule has 3 aromatic rings. The van der Waals surface area contributed by atoms with Crippen molar-refractivity contribution in [2.24, 2.45) is 0 Å². The van der Waals surface area contributed by atoms with E-state index >= 15 is 0 Å². The van der Waals surface area contributed by atoms with Crippen LogP contribution in [-0.2, 0) is 9.84 Å². The van der Waals surface area contributed by atoms with Gasteiger partial charge in [0.05, 0.1) is 10.4 Å². The second kappa shape index (κ2) is 5.20. The van der Waals surface area contributed by atoms with E-state index in [1.807, 2.05) is 13.0 Å². The Morgan fingerprint density at radius 1 is 1.00 bits per heavy atom. The Morgan fingerprint density at radius 3 is 2.36 bits per heavy atom. The van der Waals surface area contributed by atoms with Gasteiger partial charge in [-0.05, 0) is 25.1 Å². The second-order valence-corrected chi connectivity index (χ2v) is 6.71. The SMILES string of the molecule is Cc1ccc(S(=O)(=O)c2c(C#N)nnc3ccccc23)cc1. The average Bonchev–Trinajstić information content (AvgIpc) is 2.54. The van der Waals surface area contributed by atoms with E-state index in [2.05, 4.69) is 10.2 Å². The normalized spacial score (nSPS) is 11.3. The molecule has 1 aromatic heterocycles. The number of rotatable bonds is 2. The third-order valence-corrected chi connectivity index (χ3v) is 5.17. The van der Waals surface area contributed by atoms with Crippen molar-refractivity contribution in [1.82, 2.24) is 10.2 Å². The highest BCUT2D eigenvalue weighted by atomic mass is 32.2. The van der Waals surface area contributed by atoms with Gasteiger partial charge >= 0.3 is 0 Å². The molecule has 108 valence electrons. The summed E-state index contributed by atoms with van der Waals surface area (Å²) in [5.41, 5.74) is 1.20. The van der Waals surface area contributed by atoms with Crippen molar-refractivity contribution < 1.29 is 8.42 Å². The number of benzene rings is 2. The van der Waals surface area contributed by atoms with Gasteiger partial charge in [0.15, 0.2) is 5.69 Å². The number of sulfone groups is 1. The Labute approximate surface area is 127 Å². The van der Waals surface area contributed by atoms with Gasteiger partial charge in [-0.25, -0.2) is 8.42 Å². The summed E-state index contributed by atoms with van der Waals surface area (Å²) >= 11 is 0. The number of nitriles is 1. The number of hydrogen-bond donors (Lipinski definition) is 0. The maximum absolute atomic E-state index is 12.9. The maximum Gasteiger partial charge on any atom is 0.210 e. The highest BCUT2D eigenvalue weighted by Gasteiger charge is 2.25. The fraction of sp³-hybridized carbons (Fsp3) is 0.0625. The van der Waals surface area contributed by atoms with Gasteiger partial charge in [0.1, 0.15) is 11.0 Å². The molecule has 22 heavy (non-hydrogen) atoms. The van der Waals surface area contributed by atoms with E-state index in [0.717, 1.165) is 5.56 Å². The van der Waals surface area contributed by atoms with Crippen LogP contribution in [0.1, 0.15) is 11.3 Å². The predicted octanol–water partition coefficient (Wildman–Crippen LogP) is 2.64. The highest BCUT2D eigenvalue weighted by molar-refractivity contribution is 7.91. The van der Waals surface area contributed by atoms with Crippen LogP contribution in [0, 0.1) is 18.3 Å². The zero-order valence-electron chi connectivity index (χ0n) is 11.7. The fourth-order valence-corrected chi connectivity index (χ4v) is 3.74. The van der Waals surface area contributed by atoms with Gasteiger partial charge in [0, 0.05) is 5.39 Å². The topological polar surface area (TPSA) is 83.7 Å². The Balaban J connectivity index is 2.38. The number of aryl methyl sites for hydroxylation is 1. The van der Waals surface area contributed by atoms with E-state index in [9.17, 15) is 13.7 Å². The van der Waals surface area contributed by atoms with Gasteiger partial charge in [0.2, 0.25) is 9.84 Å². The number of aromatic nitrogens is 2. The quantitative estimate of drug-likeness (QED) is 0.726. The smallest absolute Gasteiger partial charge is 0.210 e. The molecule has 0 spiro atoms. The molecule has 0 aliphatic carbocycles. The van der Waals surface area contributed by atoms with Crippen LogP contribution in [0.5, 0.6) is 0 Å². The van der Waals surface area contributed by atoms with Crippen molar-refractivity contribution in [3.8, 4) is 6.07 Å². The lowest BCUT2D eigenvalue weighted by molar-refractivity contribution is 0.596. The molecule has 0 saturated carbocycles. The van der Waals surface area contributed by atoms with Crippen molar-refractivity contribution in [2.75, 3.05) is 0 Å². The Hall–Kier alpha value is -2.78. The molecule has 2 aromatic carbocycles. The summed E-state index contributed by atoms with van der Waals surface area (Å²) in [5, 5.41) is 17.3. The predicted molar refractivity (Wildman–Crippen MR) is 80.9 cm³/mol. The van der Waals surface area contributed by atoms with Crippen molar-refractivity contribution in [3.63, 3.8) is 0 Å². The molecule has 0 atom stereocenters. The highest BCUT2D eigenvalue weighted by Crippen LogP contribution is 2.29.